The molecule has 0 spiro atoms. The van der Waals surface area contributed by atoms with E-state index in [2.05, 4.69) is 31.8 Å². The molecule has 0 atom stereocenters. The Labute approximate surface area is 147 Å². The van der Waals surface area contributed by atoms with Gasteiger partial charge in [-0.1, -0.05) is 58.5 Å². The van der Waals surface area contributed by atoms with Gasteiger partial charge in [0.05, 0.1) is 0 Å². The summed E-state index contributed by atoms with van der Waals surface area (Å²) in [5.41, 5.74) is 10.3. The molecule has 4 nitrogen and oxygen atoms in total. The lowest BCUT2D eigenvalue weighted by Gasteiger charge is -2.11. The third-order valence-corrected chi connectivity index (χ3v) is 3.56. The summed E-state index contributed by atoms with van der Waals surface area (Å²) in [6.45, 7) is 0. The van der Waals surface area contributed by atoms with E-state index in [1.54, 1.807) is 0 Å². The first-order valence-corrected chi connectivity index (χ1v) is 7.92. The molecule has 22 heavy (non-hydrogen) atoms. The largest absolute Gasteiger partial charge is 0.375 e. The lowest BCUT2D eigenvalue weighted by molar-refractivity contribution is 1.04. The fourth-order valence-electron chi connectivity index (χ4n) is 1.68. The Bertz CT molecular complexity index is 699. The molecule has 7 heteroatoms. The number of hydrazone groups is 1. The molecule has 0 heterocycles. The van der Waals surface area contributed by atoms with Gasteiger partial charge < -0.3 is 11.1 Å². The van der Waals surface area contributed by atoms with Crippen LogP contribution in [0.1, 0.15) is 5.56 Å². The molecule has 0 radical (unpaired) electrons. The van der Waals surface area contributed by atoms with Crippen LogP contribution in [0.2, 0.25) is 0 Å². The van der Waals surface area contributed by atoms with E-state index >= 15 is 0 Å². The molecule has 0 saturated carbocycles. The zero-order valence-electron chi connectivity index (χ0n) is 11.4. The highest BCUT2D eigenvalue weighted by atomic mass is 79.9. The summed E-state index contributed by atoms with van der Waals surface area (Å²) in [4.78, 5) is 0.470. The van der Waals surface area contributed by atoms with Crippen LogP contribution in [0.4, 0.5) is 5.69 Å². The Kier molecular flexibility index (Phi) is 6.00. The molecule has 2 aromatic carbocycles. The van der Waals surface area contributed by atoms with E-state index < -0.39 is 0 Å². The fourth-order valence-corrected chi connectivity index (χ4v) is 2.27. The molecular weight excluding hydrogens is 380 g/mol. The van der Waals surface area contributed by atoms with Crippen LogP contribution in [0.3, 0.4) is 0 Å². The molecule has 0 saturated heterocycles. The van der Waals surface area contributed by atoms with E-state index in [1.807, 2.05) is 54.6 Å². The lowest BCUT2D eigenvalue weighted by Crippen LogP contribution is -2.29. The van der Waals surface area contributed by atoms with Crippen molar-refractivity contribution in [2.75, 3.05) is 5.32 Å². The van der Waals surface area contributed by atoms with E-state index in [0.29, 0.717) is 10.7 Å². The zero-order valence-corrected chi connectivity index (χ0v) is 14.6. The van der Waals surface area contributed by atoms with Crippen molar-refractivity contribution in [3.8, 4) is 0 Å². The Morgan fingerprint density at radius 1 is 1.00 bits per heavy atom. The van der Waals surface area contributed by atoms with Gasteiger partial charge in [0.25, 0.3) is 0 Å². The minimum atomic E-state index is 0.0832. The second kappa shape index (κ2) is 7.98. The molecule has 0 aliphatic rings. The third kappa shape index (κ3) is 4.87. The Morgan fingerprint density at radius 2 is 1.64 bits per heavy atom. The first-order valence-electron chi connectivity index (χ1n) is 6.32. The topological polar surface area (TPSA) is 62.4 Å². The molecule has 0 amide bonds. The van der Waals surface area contributed by atoms with Crippen LogP contribution in [0.15, 0.2) is 64.2 Å². The molecule has 2 aromatic rings. The van der Waals surface area contributed by atoms with E-state index in [1.165, 1.54) is 0 Å². The van der Waals surface area contributed by atoms with Gasteiger partial charge in [-0.25, -0.2) is 0 Å². The van der Waals surface area contributed by atoms with Crippen molar-refractivity contribution in [3.05, 3.63) is 64.6 Å². The summed E-state index contributed by atoms with van der Waals surface area (Å²) >= 11 is 13.6. The van der Waals surface area contributed by atoms with Crippen LogP contribution in [-0.2, 0) is 0 Å². The summed E-state index contributed by atoms with van der Waals surface area (Å²) in [6.07, 6.45) is 0. The number of rotatable bonds is 4. The van der Waals surface area contributed by atoms with Gasteiger partial charge >= 0.3 is 0 Å². The highest BCUT2D eigenvalue weighted by Crippen LogP contribution is 2.15. The summed E-state index contributed by atoms with van der Waals surface area (Å²) < 4.78 is 0.996. The van der Waals surface area contributed by atoms with Crippen LogP contribution in [0, 0.1) is 0 Å². The first kappa shape index (κ1) is 16.5. The average Bonchev–Trinajstić information content (AvgIpc) is 2.50. The van der Waals surface area contributed by atoms with Gasteiger partial charge in [-0.05, 0) is 36.5 Å². The molecule has 0 fully saturated rings. The highest BCUT2D eigenvalue weighted by Gasteiger charge is 2.10. The molecule has 4 N–H and O–H groups in total. The third-order valence-electron chi connectivity index (χ3n) is 2.64. The average molecular weight is 393 g/mol. The fraction of sp³-hybridized carbons (Fsp3) is 0. The minimum absolute atomic E-state index is 0.0832. The summed E-state index contributed by atoms with van der Waals surface area (Å²) in [6, 6.07) is 17.3. The number of halogens is 1. The van der Waals surface area contributed by atoms with Crippen LogP contribution in [0.5, 0.6) is 0 Å². The normalized spacial score (nSPS) is 10.9. The van der Waals surface area contributed by atoms with Crippen molar-refractivity contribution >= 4 is 61.9 Å². The molecule has 0 unspecified atom stereocenters. The number of hydrogen-bond donors (Lipinski definition) is 3. The quantitative estimate of drug-likeness (QED) is 0.422. The number of nitrogens with zero attached hydrogens (tertiary/aromatic N) is 1. The van der Waals surface area contributed by atoms with E-state index in [9.17, 15) is 0 Å². The molecular formula is C15H13BrN4S2. The van der Waals surface area contributed by atoms with E-state index in [0.717, 1.165) is 15.7 Å². The monoisotopic (exact) mass is 392 g/mol. The number of nitrogens with one attached hydrogen (secondary N) is 2. The van der Waals surface area contributed by atoms with E-state index in [4.69, 9.17) is 30.2 Å². The highest BCUT2D eigenvalue weighted by molar-refractivity contribution is 9.10. The zero-order chi connectivity index (χ0) is 15.9. The summed E-state index contributed by atoms with van der Waals surface area (Å²) in [5.74, 6) is 0. The number of benzene rings is 2. The van der Waals surface area contributed by atoms with Gasteiger partial charge in [0.1, 0.15) is 10.7 Å². The van der Waals surface area contributed by atoms with Gasteiger partial charge in [0, 0.05) is 15.7 Å². The number of nitrogens with two attached hydrogens (primary N) is 1. The maximum atomic E-state index is 5.45. The first-order chi connectivity index (χ1) is 10.6. The van der Waals surface area contributed by atoms with Crippen LogP contribution in [-0.4, -0.2) is 15.8 Å². The number of hydrogen-bond acceptors (Lipinski definition) is 3. The second-order valence-electron chi connectivity index (χ2n) is 4.26. The Hall–Kier alpha value is -1.83. The van der Waals surface area contributed by atoms with Crippen LogP contribution >= 0.6 is 40.4 Å². The Balaban J connectivity index is 2.24. The van der Waals surface area contributed by atoms with Crippen molar-refractivity contribution in [2.45, 2.75) is 0 Å². The lowest BCUT2D eigenvalue weighted by atomic mass is 10.1. The second-order valence-corrected chi connectivity index (χ2v) is 6.03. The van der Waals surface area contributed by atoms with Gasteiger partial charge in [-0.15, -0.1) is 0 Å². The van der Waals surface area contributed by atoms with Crippen molar-refractivity contribution in [1.82, 2.24) is 5.43 Å². The molecule has 0 bridgehead atoms. The van der Waals surface area contributed by atoms with Crippen LogP contribution in [0.25, 0.3) is 0 Å². The standard InChI is InChI=1S/C15H13BrN4S2/c16-11-6-8-12(9-7-11)18-14(21)13(19-20-15(17)22)10-4-2-1-3-5-10/h1-9H,(H,18,21)(H3,17,20,22)/b19-13+. The minimum Gasteiger partial charge on any atom is -0.375 e. The van der Waals surface area contributed by atoms with Crippen molar-refractivity contribution < 1.29 is 0 Å². The van der Waals surface area contributed by atoms with Crippen molar-refractivity contribution in [1.29, 1.82) is 0 Å². The maximum Gasteiger partial charge on any atom is 0.184 e. The number of anilines is 1. The van der Waals surface area contributed by atoms with Crippen molar-refractivity contribution in [3.63, 3.8) is 0 Å². The number of thiocarbonyl (C=S) groups is 2. The molecule has 2 rings (SSSR count). The summed E-state index contributed by atoms with van der Waals surface area (Å²) in [5, 5.41) is 7.42. The summed E-state index contributed by atoms with van der Waals surface area (Å²) in [7, 11) is 0. The van der Waals surface area contributed by atoms with Crippen molar-refractivity contribution in [2.24, 2.45) is 10.8 Å². The Morgan fingerprint density at radius 3 is 2.23 bits per heavy atom. The van der Waals surface area contributed by atoms with E-state index in [-0.39, 0.29) is 5.11 Å². The molecule has 0 aromatic heterocycles. The molecule has 0 aliphatic heterocycles. The van der Waals surface area contributed by atoms with Gasteiger partial charge in [-0.2, -0.15) is 5.10 Å². The van der Waals surface area contributed by atoms with Gasteiger partial charge in [0.2, 0.25) is 0 Å². The maximum absolute atomic E-state index is 5.45. The van der Waals surface area contributed by atoms with Gasteiger partial charge in [-0.3, -0.25) is 5.43 Å². The predicted octanol–water partition coefficient (Wildman–Crippen LogP) is 3.43. The van der Waals surface area contributed by atoms with Gasteiger partial charge in [0.15, 0.2) is 5.11 Å². The molecule has 112 valence electrons. The SMILES string of the molecule is NC(=S)N/N=C(/C(=S)Nc1ccc(Br)cc1)c1ccccc1. The smallest absolute Gasteiger partial charge is 0.184 e. The predicted molar refractivity (Wildman–Crippen MR) is 103 cm³/mol. The van der Waals surface area contributed by atoms with Crippen LogP contribution < -0.4 is 16.5 Å². The molecule has 0 aliphatic carbocycles.